The Morgan fingerprint density at radius 3 is 2.17 bits per heavy atom. The van der Waals surface area contributed by atoms with E-state index in [1.165, 1.54) is 18.7 Å². The van der Waals surface area contributed by atoms with Crippen LogP contribution < -0.4 is 4.90 Å². The molecule has 0 N–H and O–H groups in total. The second-order valence-corrected chi connectivity index (χ2v) is 9.81. The van der Waals surface area contributed by atoms with Crippen molar-refractivity contribution >= 4 is 21.6 Å². The molecule has 1 fully saturated rings. The van der Waals surface area contributed by atoms with E-state index in [2.05, 4.69) is 9.97 Å². The topological polar surface area (TPSA) is 83.5 Å². The fraction of sp³-hybridized carbons (Fsp3) is 0.421. The smallest absolute Gasteiger partial charge is 0.353 e. The molecular weight excluding hydrogens is 421 g/mol. The van der Waals surface area contributed by atoms with Crippen LogP contribution in [0.3, 0.4) is 0 Å². The van der Waals surface area contributed by atoms with Gasteiger partial charge in [0.05, 0.1) is 5.56 Å². The van der Waals surface area contributed by atoms with E-state index < -0.39 is 37.3 Å². The Labute approximate surface area is 172 Å². The summed E-state index contributed by atoms with van der Waals surface area (Å²) in [4.78, 5) is 24.2. The first-order valence-corrected chi connectivity index (χ1v) is 10.7. The van der Waals surface area contributed by atoms with Gasteiger partial charge in [0, 0.05) is 38.6 Å². The van der Waals surface area contributed by atoms with E-state index in [9.17, 15) is 26.4 Å². The Balaban J connectivity index is 1.75. The van der Waals surface area contributed by atoms with E-state index in [0.29, 0.717) is 38.4 Å². The number of aromatic nitrogens is 2. The van der Waals surface area contributed by atoms with Crippen LogP contribution in [0.15, 0.2) is 47.8 Å². The summed E-state index contributed by atoms with van der Waals surface area (Å²) in [7, 11) is -4.31. The maximum absolute atomic E-state index is 13.0. The molecule has 11 heteroatoms. The third-order valence-electron chi connectivity index (χ3n) is 5.07. The number of amides is 1. The van der Waals surface area contributed by atoms with Gasteiger partial charge >= 0.3 is 6.18 Å². The minimum Gasteiger partial charge on any atom is -0.353 e. The molecule has 1 aliphatic heterocycles. The molecule has 162 valence electrons. The molecule has 30 heavy (non-hydrogen) atoms. The predicted molar refractivity (Wildman–Crippen MR) is 104 cm³/mol. The maximum Gasteiger partial charge on any atom is 0.417 e. The second-order valence-electron chi connectivity index (χ2n) is 7.36. The highest BCUT2D eigenvalue weighted by Crippen LogP contribution is 2.31. The van der Waals surface area contributed by atoms with Crippen LogP contribution in [0.4, 0.5) is 19.0 Å². The number of alkyl halides is 3. The normalized spacial score (nSPS) is 15.9. The third-order valence-corrected chi connectivity index (χ3v) is 7.38. The summed E-state index contributed by atoms with van der Waals surface area (Å²) in [5, 5.41) is -0.569. The van der Waals surface area contributed by atoms with Crippen LogP contribution in [0, 0.1) is 0 Å². The van der Waals surface area contributed by atoms with Gasteiger partial charge in [0.25, 0.3) is 0 Å². The molecule has 0 unspecified atom stereocenters. The molecule has 7 nitrogen and oxygen atoms in total. The Bertz CT molecular complexity index is 1000. The summed E-state index contributed by atoms with van der Waals surface area (Å²) in [5.41, 5.74) is -1.06. The standard InChI is InChI=1S/C19H21F3N4O3S/c1-18(2,30(28,29)16-7-6-14(13-24-16)19(20,21)22)17(27)26-11-9-25(10-12-26)15-5-3-4-8-23-15/h3-8,13H,9-12H2,1-2H3. The van der Waals surface area contributed by atoms with Crippen LogP contribution in [0.5, 0.6) is 0 Å². The lowest BCUT2D eigenvalue weighted by molar-refractivity contribution is -0.138. The fourth-order valence-electron chi connectivity index (χ4n) is 3.14. The zero-order valence-corrected chi connectivity index (χ0v) is 17.2. The molecule has 1 amide bonds. The lowest BCUT2D eigenvalue weighted by Crippen LogP contribution is -2.56. The van der Waals surface area contributed by atoms with Crippen LogP contribution >= 0.6 is 0 Å². The number of hydrogen-bond acceptors (Lipinski definition) is 6. The first-order valence-electron chi connectivity index (χ1n) is 9.18. The van der Waals surface area contributed by atoms with Crippen molar-refractivity contribution in [2.45, 2.75) is 29.8 Å². The van der Waals surface area contributed by atoms with Gasteiger partial charge in [0.1, 0.15) is 5.82 Å². The number of pyridine rings is 2. The number of halogens is 3. The number of anilines is 1. The SMILES string of the molecule is CC(C)(C(=O)N1CCN(c2ccccn2)CC1)S(=O)(=O)c1ccc(C(F)(F)F)cn1. The average Bonchev–Trinajstić information content (AvgIpc) is 2.73. The van der Waals surface area contributed by atoms with Crippen molar-refractivity contribution in [3.8, 4) is 0 Å². The molecule has 0 aromatic carbocycles. The van der Waals surface area contributed by atoms with Crippen molar-refractivity contribution in [3.05, 3.63) is 48.3 Å². The van der Waals surface area contributed by atoms with Crippen molar-refractivity contribution in [1.29, 1.82) is 0 Å². The number of piperazine rings is 1. The van der Waals surface area contributed by atoms with Gasteiger partial charge in [-0.2, -0.15) is 13.2 Å². The zero-order valence-electron chi connectivity index (χ0n) is 16.4. The summed E-state index contributed by atoms with van der Waals surface area (Å²) in [6, 6.07) is 6.93. The third kappa shape index (κ3) is 4.11. The highest BCUT2D eigenvalue weighted by molar-refractivity contribution is 7.93. The van der Waals surface area contributed by atoms with Crippen LogP contribution in [0.2, 0.25) is 0 Å². The first-order chi connectivity index (χ1) is 13.9. The van der Waals surface area contributed by atoms with Crippen LogP contribution in [0.25, 0.3) is 0 Å². The number of hydrogen-bond donors (Lipinski definition) is 0. The van der Waals surface area contributed by atoms with Gasteiger partial charge in [-0.3, -0.25) is 4.79 Å². The van der Waals surface area contributed by atoms with Crippen molar-refractivity contribution in [2.75, 3.05) is 31.1 Å². The largest absolute Gasteiger partial charge is 0.417 e. The van der Waals surface area contributed by atoms with Gasteiger partial charge in [-0.1, -0.05) is 6.07 Å². The molecule has 2 aromatic rings. The summed E-state index contributed by atoms with van der Waals surface area (Å²) < 4.78 is 62.2. The van der Waals surface area contributed by atoms with Gasteiger partial charge in [-0.05, 0) is 38.1 Å². The average molecular weight is 442 g/mol. The fourth-order valence-corrected chi connectivity index (χ4v) is 4.46. The summed E-state index contributed by atoms with van der Waals surface area (Å²) in [6.45, 7) is 4.06. The monoisotopic (exact) mass is 442 g/mol. The zero-order chi connectivity index (χ0) is 22.2. The van der Waals surface area contributed by atoms with E-state index in [1.54, 1.807) is 12.3 Å². The summed E-state index contributed by atoms with van der Waals surface area (Å²) in [5.74, 6) is 0.148. The number of sulfone groups is 1. The lowest BCUT2D eigenvalue weighted by Gasteiger charge is -2.38. The molecule has 0 saturated carbocycles. The molecule has 0 atom stereocenters. The Hall–Kier alpha value is -2.69. The molecule has 1 aliphatic rings. The molecule has 0 aliphatic carbocycles. The minimum absolute atomic E-state index is 0.300. The number of nitrogens with zero attached hydrogens (tertiary/aromatic N) is 4. The number of carbonyl (C=O) groups is 1. The van der Waals surface area contributed by atoms with Gasteiger partial charge in [-0.15, -0.1) is 0 Å². The first kappa shape index (κ1) is 22.0. The van der Waals surface area contributed by atoms with Gasteiger partial charge in [0.15, 0.2) is 9.77 Å². The van der Waals surface area contributed by atoms with Crippen LogP contribution in [-0.4, -0.2) is 60.1 Å². The van der Waals surface area contributed by atoms with E-state index >= 15 is 0 Å². The van der Waals surface area contributed by atoms with Gasteiger partial charge in [-0.25, -0.2) is 18.4 Å². The summed E-state index contributed by atoms with van der Waals surface area (Å²) in [6.07, 6.45) is -2.51. The van der Waals surface area contributed by atoms with Crippen LogP contribution in [0.1, 0.15) is 19.4 Å². The summed E-state index contributed by atoms with van der Waals surface area (Å²) >= 11 is 0. The molecule has 0 bridgehead atoms. The molecule has 2 aromatic heterocycles. The number of carbonyl (C=O) groups excluding carboxylic acids is 1. The molecule has 3 heterocycles. The van der Waals surface area contributed by atoms with Crippen molar-refractivity contribution < 1.29 is 26.4 Å². The van der Waals surface area contributed by atoms with Crippen molar-refractivity contribution in [2.24, 2.45) is 0 Å². The quantitative estimate of drug-likeness (QED) is 0.723. The minimum atomic E-state index is -4.63. The molecular formula is C19H21F3N4O3S. The Morgan fingerprint density at radius 2 is 1.67 bits per heavy atom. The van der Waals surface area contributed by atoms with Gasteiger partial charge in [0.2, 0.25) is 15.7 Å². The molecule has 1 saturated heterocycles. The second kappa shape index (κ2) is 7.86. The molecule has 3 rings (SSSR count). The van der Waals surface area contributed by atoms with E-state index in [0.717, 1.165) is 11.9 Å². The number of rotatable bonds is 4. The van der Waals surface area contributed by atoms with E-state index in [-0.39, 0.29) is 0 Å². The lowest BCUT2D eigenvalue weighted by atomic mass is 10.1. The highest BCUT2D eigenvalue weighted by Gasteiger charge is 2.46. The van der Waals surface area contributed by atoms with E-state index in [4.69, 9.17) is 0 Å². The Morgan fingerprint density at radius 1 is 1.00 bits per heavy atom. The van der Waals surface area contributed by atoms with E-state index in [1.807, 2.05) is 17.0 Å². The maximum atomic E-state index is 13.0. The van der Waals surface area contributed by atoms with Crippen LogP contribution in [-0.2, 0) is 20.8 Å². The highest BCUT2D eigenvalue weighted by atomic mass is 32.2. The van der Waals surface area contributed by atoms with Crippen molar-refractivity contribution in [3.63, 3.8) is 0 Å². The predicted octanol–water partition coefficient (Wildman–Crippen LogP) is 2.40. The van der Waals surface area contributed by atoms with Crippen molar-refractivity contribution in [1.82, 2.24) is 14.9 Å². The molecule has 0 radical (unpaired) electrons. The Kier molecular flexibility index (Phi) is 5.76. The van der Waals surface area contributed by atoms with Gasteiger partial charge < -0.3 is 9.80 Å². The molecule has 0 spiro atoms.